The van der Waals surface area contributed by atoms with Gasteiger partial charge in [-0.25, -0.2) is 14.8 Å². The summed E-state index contributed by atoms with van der Waals surface area (Å²) in [6, 6.07) is 4.09. The molecule has 2 saturated heterocycles. The van der Waals surface area contributed by atoms with Crippen LogP contribution in [0.4, 0.5) is 4.79 Å². The largest absolute Gasteiger partial charge is 0.497 e. The number of alkyl carbamates (subject to hydrolysis) is 1. The first-order chi connectivity index (χ1) is 22.2. The maximum Gasteiger partial charge on any atom is 0.408 e. The Hall–Kier alpha value is -3.47. The van der Waals surface area contributed by atoms with Crippen LogP contribution in [0.15, 0.2) is 18.2 Å². The van der Waals surface area contributed by atoms with Gasteiger partial charge in [-0.15, -0.1) is 0 Å². The van der Waals surface area contributed by atoms with Gasteiger partial charge >= 0.3 is 6.09 Å². The molecule has 0 radical (unpaired) electrons. The molecule has 7 rings (SSSR count). The third kappa shape index (κ3) is 6.02. The summed E-state index contributed by atoms with van der Waals surface area (Å²) in [4.78, 5) is 53.3. The van der Waals surface area contributed by atoms with Gasteiger partial charge in [0.15, 0.2) is 5.78 Å². The highest BCUT2D eigenvalue weighted by Crippen LogP contribution is 2.41. The average Bonchev–Trinajstić information content (AvgIpc) is 3.72. The average molecular weight is 635 g/mol. The van der Waals surface area contributed by atoms with E-state index in [0.29, 0.717) is 42.7 Å². The quantitative estimate of drug-likeness (QED) is 0.512. The predicted octanol–water partition coefficient (Wildman–Crippen LogP) is 4.63. The Morgan fingerprint density at radius 3 is 2.52 bits per heavy atom. The molecule has 248 valence electrons. The third-order valence-corrected chi connectivity index (χ3v) is 10.9. The molecular formula is C35H46N4O7. The minimum absolute atomic E-state index is 0.0510. The van der Waals surface area contributed by atoms with E-state index in [-0.39, 0.29) is 36.2 Å². The van der Waals surface area contributed by atoms with Gasteiger partial charge in [0.2, 0.25) is 11.8 Å². The maximum atomic E-state index is 14.6. The highest BCUT2D eigenvalue weighted by atomic mass is 16.6. The molecule has 2 amide bonds. The maximum absolute atomic E-state index is 14.6. The van der Waals surface area contributed by atoms with Crippen LogP contribution in [0.1, 0.15) is 77.3 Å². The number of amides is 2. The van der Waals surface area contributed by atoms with Gasteiger partial charge in [0, 0.05) is 23.3 Å². The first-order valence-electron chi connectivity index (χ1n) is 17.1. The van der Waals surface area contributed by atoms with E-state index >= 15 is 0 Å². The van der Waals surface area contributed by atoms with Gasteiger partial charge in [-0.1, -0.05) is 26.7 Å². The van der Waals surface area contributed by atoms with E-state index in [1.807, 2.05) is 32.0 Å². The number of fused-ring (bicyclic) bond motifs is 5. The van der Waals surface area contributed by atoms with Gasteiger partial charge in [-0.2, -0.15) is 0 Å². The zero-order chi connectivity index (χ0) is 32.0. The molecule has 1 aromatic heterocycles. The molecule has 6 atom stereocenters. The number of rotatable bonds is 4. The van der Waals surface area contributed by atoms with Crippen molar-refractivity contribution >= 4 is 28.8 Å². The number of ether oxygens (including phenoxy) is 4. The molecule has 2 saturated carbocycles. The van der Waals surface area contributed by atoms with Gasteiger partial charge in [-0.05, 0) is 69.4 Å². The minimum atomic E-state index is -0.892. The third-order valence-electron chi connectivity index (χ3n) is 10.9. The normalized spacial score (nSPS) is 31.8. The van der Waals surface area contributed by atoms with Crippen LogP contribution in [0, 0.1) is 23.2 Å². The number of methoxy groups -OCH3 is 1. The van der Waals surface area contributed by atoms with Crippen LogP contribution < -0.4 is 14.8 Å². The summed E-state index contributed by atoms with van der Waals surface area (Å²) in [5, 5.41) is 2.96. The molecule has 4 heterocycles. The number of aryl methyl sites for hydroxylation is 1. The molecule has 2 bridgehead atoms. The highest BCUT2D eigenvalue weighted by Gasteiger charge is 2.55. The van der Waals surface area contributed by atoms with Gasteiger partial charge in [0.1, 0.15) is 29.7 Å². The van der Waals surface area contributed by atoms with Crippen LogP contribution in [0.25, 0.3) is 11.0 Å². The van der Waals surface area contributed by atoms with Crippen LogP contribution >= 0.6 is 0 Å². The number of hydrogen-bond acceptors (Lipinski definition) is 9. The Balaban J connectivity index is 1.25. The van der Waals surface area contributed by atoms with Gasteiger partial charge in [-0.3, -0.25) is 9.59 Å². The molecular weight excluding hydrogens is 588 g/mol. The second-order valence-electron chi connectivity index (χ2n) is 14.4. The minimum Gasteiger partial charge on any atom is -0.497 e. The van der Waals surface area contributed by atoms with Crippen molar-refractivity contribution in [2.24, 2.45) is 23.2 Å². The monoisotopic (exact) mass is 634 g/mol. The van der Waals surface area contributed by atoms with E-state index < -0.39 is 29.7 Å². The summed E-state index contributed by atoms with van der Waals surface area (Å²) in [5.74, 6) is 0.863. The Bertz CT molecular complexity index is 1490. The highest BCUT2D eigenvalue weighted by molar-refractivity contribution is 5.95. The summed E-state index contributed by atoms with van der Waals surface area (Å²) in [7, 11) is 1.62. The van der Waals surface area contributed by atoms with Crippen LogP contribution in [0.3, 0.4) is 0 Å². The van der Waals surface area contributed by atoms with Gasteiger partial charge in [0.25, 0.3) is 0 Å². The topological polar surface area (TPSA) is 129 Å². The fourth-order valence-electron chi connectivity index (χ4n) is 7.88. The lowest BCUT2D eigenvalue weighted by Crippen LogP contribution is -2.64. The fourth-order valence-corrected chi connectivity index (χ4v) is 7.88. The Labute approximate surface area is 270 Å². The van der Waals surface area contributed by atoms with Crippen LogP contribution in [0.5, 0.6) is 11.6 Å². The summed E-state index contributed by atoms with van der Waals surface area (Å²) in [6.45, 7) is 4.79. The molecule has 0 spiro atoms. The van der Waals surface area contributed by atoms with E-state index in [0.717, 1.165) is 69.0 Å². The SMILES string of the molecule is COc1ccc2nc3c(nc2c1)O[C@H]1CN(C(=O)[C@H](C2(C)COC2)NC(=O)O[C@@H]2CCC[C@H]2CCCCC3)[C@H](C(=O)C2CC2)[C@@H]1C. The summed E-state index contributed by atoms with van der Waals surface area (Å²) in [5.41, 5.74) is 1.60. The summed E-state index contributed by atoms with van der Waals surface area (Å²) < 4.78 is 23.7. The molecule has 2 aliphatic carbocycles. The molecule has 0 unspecified atom stereocenters. The van der Waals surface area contributed by atoms with E-state index in [2.05, 4.69) is 5.32 Å². The van der Waals surface area contributed by atoms with Crippen LogP contribution in [-0.2, 0) is 25.5 Å². The summed E-state index contributed by atoms with van der Waals surface area (Å²) in [6.07, 6.45) is 7.97. The molecule has 46 heavy (non-hydrogen) atoms. The number of carbonyl (C=O) groups is 3. The zero-order valence-electron chi connectivity index (χ0n) is 27.2. The van der Waals surface area contributed by atoms with Crippen molar-refractivity contribution in [3.8, 4) is 11.6 Å². The lowest BCUT2D eigenvalue weighted by molar-refractivity contribution is -0.158. The van der Waals surface area contributed by atoms with E-state index in [9.17, 15) is 14.4 Å². The molecule has 1 aromatic carbocycles. The Morgan fingerprint density at radius 2 is 1.78 bits per heavy atom. The first-order valence-corrected chi connectivity index (χ1v) is 17.1. The molecule has 1 N–H and O–H groups in total. The number of nitrogens with one attached hydrogen (secondary N) is 1. The molecule has 3 aliphatic heterocycles. The van der Waals surface area contributed by atoms with Crippen LogP contribution in [-0.4, -0.2) is 83.8 Å². The van der Waals surface area contributed by atoms with Gasteiger partial charge in [0.05, 0.1) is 43.9 Å². The van der Waals surface area contributed by atoms with Crippen molar-refractivity contribution in [3.05, 3.63) is 23.9 Å². The molecule has 5 aliphatic rings. The lowest BCUT2D eigenvalue weighted by atomic mass is 9.79. The standard InChI is InChI=1S/C35H46N4O7/c1-20-28-17-39(29(20)30(40)22-12-13-22)33(41)31(35(2)18-44-19-35)38-34(42)46-27-11-7-9-21(27)8-5-4-6-10-25-32(45-28)37-26-16-23(43-3)14-15-24(26)36-25/h14-16,20-22,27-29,31H,4-13,17-19H2,1-3H3,(H,38,42)/t20-,21-,27-,28+,29+,31-/m1/s1. The van der Waals surface area contributed by atoms with Crippen molar-refractivity contribution in [1.82, 2.24) is 20.2 Å². The molecule has 11 heteroatoms. The molecule has 4 fully saturated rings. The van der Waals surface area contributed by atoms with Crippen molar-refractivity contribution in [3.63, 3.8) is 0 Å². The van der Waals surface area contributed by atoms with Crippen molar-refractivity contribution in [1.29, 1.82) is 0 Å². The van der Waals surface area contributed by atoms with Crippen molar-refractivity contribution < 1.29 is 33.3 Å². The van der Waals surface area contributed by atoms with E-state index in [1.54, 1.807) is 12.0 Å². The Kier molecular flexibility index (Phi) is 8.54. The fraction of sp³-hybridized carbons (Fsp3) is 0.686. The second-order valence-corrected chi connectivity index (χ2v) is 14.4. The molecule has 11 nitrogen and oxygen atoms in total. The van der Waals surface area contributed by atoms with Crippen LogP contribution in [0.2, 0.25) is 0 Å². The number of aromatic nitrogens is 2. The number of carbonyl (C=O) groups excluding carboxylic acids is 3. The first kappa shape index (κ1) is 31.1. The number of hydrogen-bond donors (Lipinski definition) is 1. The Morgan fingerprint density at radius 1 is 0.978 bits per heavy atom. The number of ketones is 1. The molecule has 2 aromatic rings. The number of benzene rings is 1. The van der Waals surface area contributed by atoms with E-state index in [4.69, 9.17) is 28.9 Å². The zero-order valence-corrected chi connectivity index (χ0v) is 27.2. The second kappa shape index (κ2) is 12.6. The summed E-state index contributed by atoms with van der Waals surface area (Å²) >= 11 is 0. The lowest BCUT2D eigenvalue weighted by Gasteiger charge is -2.45. The van der Waals surface area contributed by atoms with Crippen molar-refractivity contribution in [2.75, 3.05) is 26.9 Å². The van der Waals surface area contributed by atoms with Gasteiger partial charge < -0.3 is 29.2 Å². The number of nitrogens with zero attached hydrogens (tertiary/aromatic N) is 3. The van der Waals surface area contributed by atoms with E-state index in [1.165, 1.54) is 0 Å². The van der Waals surface area contributed by atoms with Crippen molar-refractivity contribution in [2.45, 2.75) is 102 Å². The number of Topliss-reactive ketones (excluding diaryl/α,β-unsaturated/α-hetero) is 1. The predicted molar refractivity (Wildman–Crippen MR) is 169 cm³/mol. The smallest absolute Gasteiger partial charge is 0.408 e.